The van der Waals surface area contributed by atoms with Gasteiger partial charge < -0.3 is 15.0 Å². The summed E-state index contributed by atoms with van der Waals surface area (Å²) in [5.41, 5.74) is -0.788. The first-order valence-corrected chi connectivity index (χ1v) is 6.59. The lowest BCUT2D eigenvalue weighted by Gasteiger charge is -2.45. The average Bonchev–Trinajstić information content (AvgIpc) is 2.34. The van der Waals surface area contributed by atoms with Gasteiger partial charge in [-0.2, -0.15) is 0 Å². The molecule has 1 aliphatic heterocycles. The third-order valence-corrected chi connectivity index (χ3v) is 3.65. The van der Waals surface area contributed by atoms with Gasteiger partial charge in [-0.25, -0.2) is 0 Å². The first kappa shape index (κ1) is 15.0. The number of rotatable bonds is 5. The zero-order valence-corrected chi connectivity index (χ0v) is 11.9. The van der Waals surface area contributed by atoms with Crippen LogP contribution in [0.15, 0.2) is 0 Å². The van der Waals surface area contributed by atoms with Gasteiger partial charge >= 0.3 is 0 Å². The molecule has 1 heterocycles. The zero-order valence-electron chi connectivity index (χ0n) is 11.9. The number of piperazine rings is 1. The van der Waals surface area contributed by atoms with E-state index in [4.69, 9.17) is 4.74 Å². The van der Waals surface area contributed by atoms with Gasteiger partial charge in [0.05, 0.1) is 12.6 Å². The van der Waals surface area contributed by atoms with Crippen molar-refractivity contribution in [2.24, 2.45) is 0 Å². The Bertz CT molecular complexity index is 332. The van der Waals surface area contributed by atoms with Gasteiger partial charge in [-0.15, -0.1) is 0 Å². The molecular weight excluding hydrogens is 232 g/mol. The van der Waals surface area contributed by atoms with Crippen LogP contribution >= 0.6 is 0 Å². The normalized spacial score (nSPS) is 30.3. The van der Waals surface area contributed by atoms with E-state index in [-0.39, 0.29) is 17.9 Å². The highest BCUT2D eigenvalue weighted by Gasteiger charge is 2.46. The first-order chi connectivity index (χ1) is 8.37. The zero-order chi connectivity index (χ0) is 13.9. The third-order valence-electron chi connectivity index (χ3n) is 3.65. The lowest BCUT2D eigenvalue weighted by Crippen LogP contribution is -2.70. The maximum Gasteiger partial charge on any atom is 0.249 e. The van der Waals surface area contributed by atoms with Crippen LogP contribution in [-0.4, -0.2) is 47.6 Å². The Morgan fingerprint density at radius 2 is 2.06 bits per heavy atom. The van der Waals surface area contributed by atoms with Gasteiger partial charge in [-0.1, -0.05) is 6.92 Å². The topological polar surface area (TPSA) is 58.6 Å². The Labute approximate surface area is 109 Å². The molecule has 3 unspecified atom stereocenters. The SMILES string of the molecule is CCOCC(C)N1C(=O)C(C)(CC)NC(=O)C1C. The second-order valence-corrected chi connectivity index (χ2v) is 5.07. The maximum absolute atomic E-state index is 12.5. The smallest absolute Gasteiger partial charge is 0.249 e. The number of carbonyl (C=O) groups excluding carboxylic acids is 2. The lowest BCUT2D eigenvalue weighted by atomic mass is 9.91. The van der Waals surface area contributed by atoms with E-state index in [2.05, 4.69) is 5.32 Å². The molecular formula is C13H24N2O3. The molecule has 1 aliphatic rings. The predicted octanol–water partition coefficient (Wildman–Crippen LogP) is 0.927. The lowest BCUT2D eigenvalue weighted by molar-refractivity contribution is -0.157. The van der Waals surface area contributed by atoms with E-state index < -0.39 is 11.6 Å². The van der Waals surface area contributed by atoms with Crippen LogP contribution < -0.4 is 5.32 Å². The molecule has 0 bridgehead atoms. The standard InChI is InChI=1S/C13H24N2O3/c1-6-13(5)12(17)15(9(3)8-18-7-2)10(4)11(16)14-13/h9-10H,6-8H2,1-5H3,(H,14,16). The van der Waals surface area contributed by atoms with Crippen molar-refractivity contribution in [3.8, 4) is 0 Å². The molecule has 1 fully saturated rings. The Morgan fingerprint density at radius 1 is 1.44 bits per heavy atom. The minimum atomic E-state index is -0.788. The Balaban J connectivity index is 2.91. The summed E-state index contributed by atoms with van der Waals surface area (Å²) in [4.78, 5) is 26.1. The van der Waals surface area contributed by atoms with Crippen LogP contribution in [0.25, 0.3) is 0 Å². The predicted molar refractivity (Wildman–Crippen MR) is 69.1 cm³/mol. The van der Waals surface area contributed by atoms with Crippen molar-refractivity contribution in [3.63, 3.8) is 0 Å². The van der Waals surface area contributed by atoms with Crippen LogP contribution in [0.4, 0.5) is 0 Å². The van der Waals surface area contributed by atoms with Crippen molar-refractivity contribution in [1.82, 2.24) is 10.2 Å². The minimum absolute atomic E-state index is 0.0238. The molecule has 0 spiro atoms. The molecule has 1 rings (SSSR count). The number of ether oxygens (including phenoxy) is 1. The summed E-state index contributed by atoms with van der Waals surface area (Å²) in [6.07, 6.45) is 0.585. The number of carbonyl (C=O) groups is 2. The quantitative estimate of drug-likeness (QED) is 0.796. The monoisotopic (exact) mass is 256 g/mol. The summed E-state index contributed by atoms with van der Waals surface area (Å²) >= 11 is 0. The molecule has 0 aromatic heterocycles. The van der Waals surface area contributed by atoms with Crippen LogP contribution in [0.3, 0.4) is 0 Å². The molecule has 18 heavy (non-hydrogen) atoms. The second-order valence-electron chi connectivity index (χ2n) is 5.07. The van der Waals surface area contributed by atoms with Gasteiger partial charge in [-0.3, -0.25) is 9.59 Å². The minimum Gasteiger partial charge on any atom is -0.380 e. The molecule has 0 aliphatic carbocycles. The van der Waals surface area contributed by atoms with Crippen LogP contribution in [0.5, 0.6) is 0 Å². The van der Waals surface area contributed by atoms with E-state index in [9.17, 15) is 9.59 Å². The van der Waals surface area contributed by atoms with Gasteiger partial charge in [0.15, 0.2) is 0 Å². The van der Waals surface area contributed by atoms with Crippen LogP contribution in [-0.2, 0) is 14.3 Å². The largest absolute Gasteiger partial charge is 0.380 e. The van der Waals surface area contributed by atoms with Gasteiger partial charge in [0.2, 0.25) is 11.8 Å². The molecule has 0 saturated carbocycles. The number of amides is 2. The van der Waals surface area contributed by atoms with E-state index >= 15 is 0 Å². The van der Waals surface area contributed by atoms with Crippen LogP contribution in [0, 0.1) is 0 Å². The van der Waals surface area contributed by atoms with Crippen LogP contribution in [0.2, 0.25) is 0 Å². The Kier molecular flexibility index (Phi) is 4.73. The number of hydrogen-bond acceptors (Lipinski definition) is 3. The summed E-state index contributed by atoms with van der Waals surface area (Å²) < 4.78 is 5.36. The van der Waals surface area contributed by atoms with E-state index in [1.807, 2.05) is 20.8 Å². The maximum atomic E-state index is 12.5. The molecule has 3 atom stereocenters. The number of nitrogens with one attached hydrogen (secondary N) is 1. The van der Waals surface area contributed by atoms with E-state index in [0.29, 0.717) is 19.6 Å². The molecule has 104 valence electrons. The Morgan fingerprint density at radius 3 is 2.56 bits per heavy atom. The molecule has 0 aromatic carbocycles. The summed E-state index contributed by atoms with van der Waals surface area (Å²) in [6.45, 7) is 10.3. The average molecular weight is 256 g/mol. The van der Waals surface area contributed by atoms with Crippen molar-refractivity contribution in [2.75, 3.05) is 13.2 Å². The Hall–Kier alpha value is -1.10. The van der Waals surface area contributed by atoms with Gasteiger partial charge in [0, 0.05) is 6.61 Å². The molecule has 2 amide bonds. The van der Waals surface area contributed by atoms with E-state index in [0.717, 1.165) is 0 Å². The third kappa shape index (κ3) is 2.66. The summed E-state index contributed by atoms with van der Waals surface area (Å²) in [5.74, 6) is -0.119. The highest BCUT2D eigenvalue weighted by molar-refractivity contribution is 5.99. The molecule has 5 heteroatoms. The first-order valence-electron chi connectivity index (χ1n) is 6.59. The fraction of sp³-hybridized carbons (Fsp3) is 0.846. The number of nitrogens with zero attached hydrogens (tertiary/aromatic N) is 1. The summed E-state index contributed by atoms with van der Waals surface area (Å²) in [6, 6.07) is -0.531. The summed E-state index contributed by atoms with van der Waals surface area (Å²) in [7, 11) is 0. The van der Waals surface area contributed by atoms with Crippen molar-refractivity contribution in [1.29, 1.82) is 0 Å². The molecule has 1 saturated heterocycles. The fourth-order valence-corrected chi connectivity index (χ4v) is 2.21. The number of hydrogen-bond donors (Lipinski definition) is 1. The van der Waals surface area contributed by atoms with E-state index in [1.54, 1.807) is 18.7 Å². The van der Waals surface area contributed by atoms with Gasteiger partial charge in [-0.05, 0) is 34.1 Å². The molecule has 0 radical (unpaired) electrons. The highest BCUT2D eigenvalue weighted by Crippen LogP contribution is 2.23. The second kappa shape index (κ2) is 5.69. The molecule has 0 aromatic rings. The molecule has 5 nitrogen and oxygen atoms in total. The van der Waals surface area contributed by atoms with Gasteiger partial charge in [0.1, 0.15) is 11.6 Å². The fourth-order valence-electron chi connectivity index (χ4n) is 2.21. The summed E-state index contributed by atoms with van der Waals surface area (Å²) in [5, 5.41) is 2.81. The van der Waals surface area contributed by atoms with Gasteiger partial charge in [0.25, 0.3) is 0 Å². The van der Waals surface area contributed by atoms with E-state index in [1.165, 1.54) is 0 Å². The van der Waals surface area contributed by atoms with Crippen molar-refractivity contribution < 1.29 is 14.3 Å². The molecule has 1 N–H and O–H groups in total. The van der Waals surface area contributed by atoms with Crippen LogP contribution in [0.1, 0.15) is 41.0 Å². The highest BCUT2D eigenvalue weighted by atomic mass is 16.5. The van der Waals surface area contributed by atoms with Crippen molar-refractivity contribution in [2.45, 2.75) is 58.7 Å². The van der Waals surface area contributed by atoms with Crippen molar-refractivity contribution >= 4 is 11.8 Å². The van der Waals surface area contributed by atoms with Crippen molar-refractivity contribution in [3.05, 3.63) is 0 Å².